The third-order valence-corrected chi connectivity index (χ3v) is 6.70. The quantitative estimate of drug-likeness (QED) is 0.314. The number of hydrogen-bond acceptors (Lipinski definition) is 8. The van der Waals surface area contributed by atoms with Crippen molar-refractivity contribution >= 4 is 29.5 Å². The molecule has 0 fully saturated rings. The summed E-state index contributed by atoms with van der Waals surface area (Å²) in [4.78, 5) is 53.0. The number of likely N-dealkylation sites (N-methyl/N-ethyl adjacent to an activating group) is 1. The predicted octanol–water partition coefficient (Wildman–Crippen LogP) is 4.72. The molecule has 1 aliphatic heterocycles. The number of fused-ring (bicyclic) bond motifs is 1. The van der Waals surface area contributed by atoms with E-state index in [9.17, 15) is 27.6 Å². The summed E-state index contributed by atoms with van der Waals surface area (Å²) in [7, 11) is 0. The van der Waals surface area contributed by atoms with Crippen LogP contribution in [0, 0.1) is 0 Å². The number of nitrogens with one attached hydrogen (secondary N) is 2. The monoisotopic (exact) mass is 622 g/mol. The number of rotatable bonds is 6. The Morgan fingerprint density at radius 1 is 1.00 bits per heavy atom. The number of halogens is 3. The second-order valence-electron chi connectivity index (χ2n) is 11.0. The summed E-state index contributed by atoms with van der Waals surface area (Å²) in [6.45, 7) is 7.03. The molecule has 0 bridgehead atoms. The van der Waals surface area contributed by atoms with Crippen LogP contribution in [-0.2, 0) is 15.7 Å². The number of ether oxygens (including phenoxy) is 1. The van der Waals surface area contributed by atoms with E-state index in [0.29, 0.717) is 23.1 Å². The highest BCUT2D eigenvalue weighted by atomic mass is 19.4. The van der Waals surface area contributed by atoms with Crippen LogP contribution in [0.1, 0.15) is 61.2 Å². The summed E-state index contributed by atoms with van der Waals surface area (Å²) < 4.78 is 46.9. The lowest BCUT2D eigenvalue weighted by molar-refractivity contribution is -0.141. The minimum atomic E-state index is -4.81. The van der Waals surface area contributed by atoms with E-state index >= 15 is 0 Å². The number of carbonyl (C=O) groups is 3. The van der Waals surface area contributed by atoms with Gasteiger partial charge < -0.3 is 10.1 Å². The first-order chi connectivity index (χ1) is 21.3. The number of para-hydroxylation sites is 1. The molecule has 2 N–H and O–H groups in total. The molecule has 4 aromatic rings. The predicted molar refractivity (Wildman–Crippen MR) is 156 cm³/mol. The van der Waals surface area contributed by atoms with Crippen LogP contribution in [0.4, 0.5) is 29.6 Å². The SMILES string of the molecule is CCN1C(=O)C(NC(=O)c2nccc(C(F)(F)F)n2)C(c2cccc(NC(=O)OC(C)(C)C)n2)c2cnn(-c3ccccc3)c21. The van der Waals surface area contributed by atoms with Gasteiger partial charge in [0.05, 0.1) is 23.5 Å². The van der Waals surface area contributed by atoms with E-state index in [1.807, 2.05) is 30.3 Å². The maximum Gasteiger partial charge on any atom is 0.433 e. The van der Waals surface area contributed by atoms with Gasteiger partial charge in [-0.25, -0.2) is 24.4 Å². The molecule has 3 aromatic heterocycles. The highest BCUT2D eigenvalue weighted by Gasteiger charge is 2.45. The second kappa shape index (κ2) is 12.0. The van der Waals surface area contributed by atoms with Crippen LogP contribution in [0.25, 0.3) is 5.69 Å². The molecule has 0 saturated heterocycles. The van der Waals surface area contributed by atoms with Gasteiger partial charge >= 0.3 is 12.3 Å². The number of hydrogen-bond donors (Lipinski definition) is 2. The average molecular weight is 623 g/mol. The molecule has 3 amide bonds. The van der Waals surface area contributed by atoms with Crippen molar-refractivity contribution in [3.63, 3.8) is 0 Å². The summed E-state index contributed by atoms with van der Waals surface area (Å²) in [5, 5.41) is 9.65. The number of benzene rings is 1. The van der Waals surface area contributed by atoms with E-state index in [4.69, 9.17) is 4.74 Å². The molecule has 2 unspecified atom stereocenters. The van der Waals surface area contributed by atoms with E-state index in [-0.39, 0.29) is 18.1 Å². The molecular formula is C30H29F3N8O4. The van der Waals surface area contributed by atoms with Gasteiger partial charge in [0.25, 0.3) is 11.8 Å². The van der Waals surface area contributed by atoms with Crippen LogP contribution in [0.2, 0.25) is 0 Å². The Morgan fingerprint density at radius 2 is 1.73 bits per heavy atom. The van der Waals surface area contributed by atoms with E-state index in [2.05, 4.69) is 30.7 Å². The first-order valence-electron chi connectivity index (χ1n) is 13.9. The van der Waals surface area contributed by atoms with Crippen LogP contribution in [0.15, 0.2) is 67.0 Å². The van der Waals surface area contributed by atoms with Crippen LogP contribution in [0.3, 0.4) is 0 Å². The maximum absolute atomic E-state index is 14.1. The van der Waals surface area contributed by atoms with Gasteiger partial charge in [-0.1, -0.05) is 24.3 Å². The fourth-order valence-electron chi connectivity index (χ4n) is 4.91. The Labute approximate surface area is 255 Å². The van der Waals surface area contributed by atoms with Gasteiger partial charge in [-0.2, -0.15) is 18.3 Å². The van der Waals surface area contributed by atoms with Gasteiger partial charge in [-0.05, 0) is 58.0 Å². The first-order valence-corrected chi connectivity index (χ1v) is 13.9. The molecule has 5 rings (SSSR count). The van der Waals surface area contributed by atoms with Gasteiger partial charge in [0.1, 0.15) is 29.0 Å². The number of aromatic nitrogens is 5. The molecule has 45 heavy (non-hydrogen) atoms. The zero-order valence-corrected chi connectivity index (χ0v) is 24.7. The number of alkyl halides is 3. The highest BCUT2D eigenvalue weighted by molar-refractivity contribution is 6.04. The van der Waals surface area contributed by atoms with Crippen molar-refractivity contribution in [3.8, 4) is 5.69 Å². The molecule has 0 radical (unpaired) electrons. The molecule has 0 aliphatic carbocycles. The van der Waals surface area contributed by atoms with E-state index in [0.717, 1.165) is 6.20 Å². The summed E-state index contributed by atoms with van der Waals surface area (Å²) in [5.74, 6) is -2.88. The Kier molecular flexibility index (Phi) is 8.28. The maximum atomic E-state index is 14.1. The fraction of sp³-hybridized carbons (Fsp3) is 0.300. The van der Waals surface area contributed by atoms with E-state index in [1.165, 1.54) is 17.2 Å². The Morgan fingerprint density at radius 3 is 2.40 bits per heavy atom. The lowest BCUT2D eigenvalue weighted by atomic mass is 9.85. The zero-order chi connectivity index (χ0) is 32.5. The summed E-state index contributed by atoms with van der Waals surface area (Å²) in [5.41, 5.74) is -0.660. The van der Waals surface area contributed by atoms with Crippen molar-refractivity contribution in [1.29, 1.82) is 0 Å². The molecule has 2 atom stereocenters. The van der Waals surface area contributed by atoms with E-state index < -0.39 is 53.2 Å². The number of pyridine rings is 1. The Hall–Kier alpha value is -5.34. The summed E-state index contributed by atoms with van der Waals surface area (Å²) in [6, 6.07) is 13.1. The van der Waals surface area contributed by atoms with Crippen LogP contribution >= 0.6 is 0 Å². The molecular weight excluding hydrogens is 593 g/mol. The number of nitrogens with zero attached hydrogens (tertiary/aromatic N) is 6. The standard InChI is InChI=1S/C30H29F3N8O4/c1-5-40-26-18(16-35-41(26)17-10-7-6-8-11-17)22(19-12-9-13-21(36-19)38-28(44)45-29(2,3)4)23(27(40)43)39-25(42)24-34-15-14-20(37-24)30(31,32)33/h6-16,22-23H,5H2,1-4H3,(H,39,42)(H,36,38,44). The molecule has 1 aromatic carbocycles. The molecule has 4 heterocycles. The number of anilines is 2. The minimum absolute atomic E-state index is 0.107. The number of amides is 3. The lowest BCUT2D eigenvalue weighted by Gasteiger charge is -2.37. The second-order valence-corrected chi connectivity index (χ2v) is 11.0. The largest absolute Gasteiger partial charge is 0.444 e. The van der Waals surface area contributed by atoms with Crippen molar-refractivity contribution in [2.75, 3.05) is 16.8 Å². The van der Waals surface area contributed by atoms with Crippen LogP contribution in [-0.4, -0.2) is 60.8 Å². The molecule has 1 aliphatic rings. The van der Waals surface area contributed by atoms with Crippen LogP contribution < -0.4 is 15.5 Å². The van der Waals surface area contributed by atoms with Gasteiger partial charge in [-0.3, -0.25) is 19.8 Å². The Balaban J connectivity index is 1.60. The summed E-state index contributed by atoms with van der Waals surface area (Å²) in [6.07, 6.45) is -3.21. The Bertz CT molecular complexity index is 1740. The first kappa shape index (κ1) is 31.1. The fourth-order valence-corrected chi connectivity index (χ4v) is 4.91. The molecule has 12 nitrogen and oxygen atoms in total. The van der Waals surface area contributed by atoms with Gasteiger partial charge in [0.15, 0.2) is 0 Å². The normalized spacial score (nSPS) is 16.6. The molecule has 15 heteroatoms. The summed E-state index contributed by atoms with van der Waals surface area (Å²) >= 11 is 0. The minimum Gasteiger partial charge on any atom is -0.444 e. The third kappa shape index (κ3) is 6.61. The topological polar surface area (TPSA) is 144 Å². The van der Waals surface area contributed by atoms with Crippen molar-refractivity contribution < 1.29 is 32.3 Å². The smallest absolute Gasteiger partial charge is 0.433 e. The molecule has 0 spiro atoms. The van der Waals surface area contributed by atoms with Gasteiger partial charge in [0, 0.05) is 18.3 Å². The highest BCUT2D eigenvalue weighted by Crippen LogP contribution is 2.41. The van der Waals surface area contributed by atoms with Crippen molar-refractivity contribution in [2.24, 2.45) is 0 Å². The zero-order valence-electron chi connectivity index (χ0n) is 24.7. The number of carbonyl (C=O) groups excluding carboxylic acids is 3. The molecule has 0 saturated carbocycles. The van der Waals surface area contributed by atoms with Gasteiger partial charge in [-0.15, -0.1) is 0 Å². The van der Waals surface area contributed by atoms with Crippen molar-refractivity contribution in [2.45, 2.75) is 51.4 Å². The van der Waals surface area contributed by atoms with Gasteiger partial charge in [0.2, 0.25) is 5.82 Å². The van der Waals surface area contributed by atoms with Crippen molar-refractivity contribution in [1.82, 2.24) is 30.0 Å². The van der Waals surface area contributed by atoms with Crippen molar-refractivity contribution in [3.05, 3.63) is 89.8 Å². The molecule has 234 valence electrons. The lowest BCUT2D eigenvalue weighted by Crippen LogP contribution is -2.55. The average Bonchev–Trinajstić information content (AvgIpc) is 3.41. The van der Waals surface area contributed by atoms with E-state index in [1.54, 1.807) is 44.5 Å². The third-order valence-electron chi connectivity index (χ3n) is 6.70. The van der Waals surface area contributed by atoms with Crippen LogP contribution in [0.5, 0.6) is 0 Å².